The molecule has 0 saturated carbocycles. The molecule has 0 atom stereocenters. The fourth-order valence-electron chi connectivity index (χ4n) is 1.34. The summed E-state index contributed by atoms with van der Waals surface area (Å²) in [5, 5.41) is 10.6. The molecule has 15 heavy (non-hydrogen) atoms. The number of aromatic nitrogens is 2. The predicted octanol–water partition coefficient (Wildman–Crippen LogP) is 2.00. The molecule has 2 heterocycles. The summed E-state index contributed by atoms with van der Waals surface area (Å²) < 4.78 is 1.98. The van der Waals surface area contributed by atoms with Crippen LogP contribution in [-0.2, 0) is 6.54 Å². The first-order valence-corrected chi connectivity index (χ1v) is 5.33. The van der Waals surface area contributed by atoms with Crippen LogP contribution in [0.1, 0.15) is 21.1 Å². The zero-order valence-electron chi connectivity index (χ0n) is 8.17. The van der Waals surface area contributed by atoms with Crippen molar-refractivity contribution < 1.29 is 9.90 Å². The highest BCUT2D eigenvalue weighted by Gasteiger charge is 2.07. The highest BCUT2D eigenvalue weighted by molar-refractivity contribution is 7.12. The number of hydrogen-bond acceptors (Lipinski definition) is 3. The second-order valence-electron chi connectivity index (χ2n) is 3.23. The number of aromatic carboxylic acids is 1. The maximum absolute atomic E-state index is 10.7. The van der Waals surface area contributed by atoms with Gasteiger partial charge in [0, 0.05) is 18.9 Å². The number of nitrogens with zero attached hydrogens (tertiary/aromatic N) is 2. The largest absolute Gasteiger partial charge is 0.477 e. The molecule has 0 radical (unpaired) electrons. The summed E-state index contributed by atoms with van der Waals surface area (Å²) >= 11 is 1.25. The van der Waals surface area contributed by atoms with Gasteiger partial charge in [-0.2, -0.15) is 0 Å². The number of aryl methyl sites for hydroxylation is 1. The van der Waals surface area contributed by atoms with Gasteiger partial charge in [0.1, 0.15) is 10.7 Å². The van der Waals surface area contributed by atoms with Gasteiger partial charge in [0.15, 0.2) is 0 Å². The van der Waals surface area contributed by atoms with Gasteiger partial charge in [0.25, 0.3) is 0 Å². The third-order valence-electron chi connectivity index (χ3n) is 2.14. The van der Waals surface area contributed by atoms with Crippen LogP contribution in [0.5, 0.6) is 0 Å². The average Bonchev–Trinajstić information content (AvgIpc) is 2.77. The molecular weight excluding hydrogens is 212 g/mol. The Balaban J connectivity index is 2.18. The summed E-state index contributed by atoms with van der Waals surface area (Å²) in [6, 6.07) is 1.70. The van der Waals surface area contributed by atoms with E-state index in [0.717, 1.165) is 11.4 Å². The van der Waals surface area contributed by atoms with Crippen molar-refractivity contribution in [2.75, 3.05) is 0 Å². The third-order valence-corrected chi connectivity index (χ3v) is 3.11. The van der Waals surface area contributed by atoms with E-state index >= 15 is 0 Å². The predicted molar refractivity (Wildman–Crippen MR) is 57.3 cm³/mol. The first kappa shape index (κ1) is 9.92. The van der Waals surface area contributed by atoms with Crippen LogP contribution in [0.15, 0.2) is 23.8 Å². The molecular formula is C10H10N2O2S. The van der Waals surface area contributed by atoms with Gasteiger partial charge in [0.2, 0.25) is 0 Å². The van der Waals surface area contributed by atoms with Gasteiger partial charge >= 0.3 is 5.97 Å². The number of rotatable bonds is 3. The van der Waals surface area contributed by atoms with Gasteiger partial charge in [-0.25, -0.2) is 9.78 Å². The second-order valence-corrected chi connectivity index (χ2v) is 4.14. The standard InChI is InChI=1S/C10H10N2O2S/c1-7-11-2-3-12(7)5-8-4-9(10(13)14)15-6-8/h2-4,6H,5H2,1H3,(H,13,14). The van der Waals surface area contributed by atoms with E-state index in [1.807, 2.05) is 23.1 Å². The Morgan fingerprint density at radius 1 is 1.67 bits per heavy atom. The smallest absolute Gasteiger partial charge is 0.345 e. The highest BCUT2D eigenvalue weighted by atomic mass is 32.1. The SMILES string of the molecule is Cc1nccn1Cc1csc(C(=O)O)c1. The zero-order valence-corrected chi connectivity index (χ0v) is 8.99. The molecule has 0 unspecified atom stereocenters. The molecule has 0 amide bonds. The van der Waals surface area contributed by atoms with Crippen molar-refractivity contribution in [3.63, 3.8) is 0 Å². The fraction of sp³-hybridized carbons (Fsp3) is 0.200. The van der Waals surface area contributed by atoms with Crippen molar-refractivity contribution in [1.29, 1.82) is 0 Å². The summed E-state index contributed by atoms with van der Waals surface area (Å²) in [5.41, 5.74) is 0.999. The van der Waals surface area contributed by atoms with Crippen LogP contribution in [-0.4, -0.2) is 20.6 Å². The lowest BCUT2D eigenvalue weighted by molar-refractivity contribution is 0.0702. The summed E-state index contributed by atoms with van der Waals surface area (Å²) in [4.78, 5) is 15.2. The number of carboxylic acids is 1. The van der Waals surface area contributed by atoms with E-state index in [9.17, 15) is 4.79 Å². The van der Waals surface area contributed by atoms with Crippen molar-refractivity contribution in [2.24, 2.45) is 0 Å². The minimum absolute atomic E-state index is 0.378. The Morgan fingerprint density at radius 2 is 2.47 bits per heavy atom. The average molecular weight is 222 g/mol. The molecule has 0 saturated heterocycles. The molecule has 0 aromatic carbocycles. The lowest BCUT2D eigenvalue weighted by Crippen LogP contribution is -1.99. The molecule has 0 aliphatic carbocycles. The van der Waals surface area contributed by atoms with Crippen LogP contribution in [0.25, 0.3) is 0 Å². The zero-order chi connectivity index (χ0) is 10.8. The van der Waals surface area contributed by atoms with Crippen LogP contribution < -0.4 is 0 Å². The monoisotopic (exact) mass is 222 g/mol. The van der Waals surface area contributed by atoms with E-state index in [4.69, 9.17) is 5.11 Å². The number of hydrogen-bond donors (Lipinski definition) is 1. The molecule has 0 aliphatic rings. The summed E-state index contributed by atoms with van der Waals surface area (Å²) in [7, 11) is 0. The normalized spacial score (nSPS) is 10.5. The third kappa shape index (κ3) is 2.07. The first-order valence-electron chi connectivity index (χ1n) is 4.45. The first-order chi connectivity index (χ1) is 7.16. The fourth-order valence-corrected chi connectivity index (χ4v) is 2.08. The topological polar surface area (TPSA) is 55.1 Å². The Morgan fingerprint density at radius 3 is 3.00 bits per heavy atom. The molecule has 2 aromatic rings. The Labute approximate surface area is 90.8 Å². The number of carboxylic acid groups (broad SMARTS) is 1. The van der Waals surface area contributed by atoms with Crippen LogP contribution >= 0.6 is 11.3 Å². The maximum Gasteiger partial charge on any atom is 0.345 e. The van der Waals surface area contributed by atoms with Gasteiger partial charge in [0.05, 0.1) is 0 Å². The lowest BCUT2D eigenvalue weighted by Gasteiger charge is -2.01. The van der Waals surface area contributed by atoms with Crippen LogP contribution in [0.2, 0.25) is 0 Å². The number of thiophene rings is 1. The summed E-state index contributed by atoms with van der Waals surface area (Å²) in [6.07, 6.45) is 3.62. The van der Waals surface area contributed by atoms with Crippen molar-refractivity contribution in [3.05, 3.63) is 40.1 Å². The molecule has 0 spiro atoms. The van der Waals surface area contributed by atoms with E-state index in [-0.39, 0.29) is 0 Å². The van der Waals surface area contributed by atoms with E-state index in [2.05, 4.69) is 4.98 Å². The number of imidazole rings is 1. The molecule has 0 aliphatic heterocycles. The van der Waals surface area contributed by atoms with Gasteiger partial charge in [-0.05, 0) is 23.9 Å². The Kier molecular flexibility index (Phi) is 2.55. The Hall–Kier alpha value is -1.62. The lowest BCUT2D eigenvalue weighted by atomic mass is 10.3. The highest BCUT2D eigenvalue weighted by Crippen LogP contribution is 2.16. The van der Waals surface area contributed by atoms with Gasteiger partial charge < -0.3 is 9.67 Å². The van der Waals surface area contributed by atoms with Crippen molar-refractivity contribution in [3.8, 4) is 0 Å². The van der Waals surface area contributed by atoms with Gasteiger partial charge in [-0.1, -0.05) is 0 Å². The van der Waals surface area contributed by atoms with Crippen molar-refractivity contribution in [1.82, 2.24) is 9.55 Å². The minimum Gasteiger partial charge on any atom is -0.477 e. The summed E-state index contributed by atoms with van der Waals surface area (Å²) in [6.45, 7) is 2.60. The second kappa shape index (κ2) is 3.86. The van der Waals surface area contributed by atoms with Gasteiger partial charge in [-0.3, -0.25) is 0 Å². The van der Waals surface area contributed by atoms with E-state index in [0.29, 0.717) is 11.4 Å². The van der Waals surface area contributed by atoms with Gasteiger partial charge in [-0.15, -0.1) is 11.3 Å². The summed E-state index contributed by atoms with van der Waals surface area (Å²) in [5.74, 6) is 0.0617. The molecule has 2 rings (SSSR count). The molecule has 1 N–H and O–H groups in total. The molecule has 0 fully saturated rings. The van der Waals surface area contributed by atoms with E-state index in [1.54, 1.807) is 12.3 Å². The molecule has 2 aromatic heterocycles. The van der Waals surface area contributed by atoms with E-state index in [1.165, 1.54) is 11.3 Å². The maximum atomic E-state index is 10.7. The van der Waals surface area contributed by atoms with Crippen LogP contribution in [0, 0.1) is 6.92 Å². The van der Waals surface area contributed by atoms with Crippen molar-refractivity contribution >= 4 is 17.3 Å². The molecule has 78 valence electrons. The minimum atomic E-state index is -0.867. The van der Waals surface area contributed by atoms with Crippen LogP contribution in [0.3, 0.4) is 0 Å². The van der Waals surface area contributed by atoms with E-state index < -0.39 is 5.97 Å². The molecule has 0 bridgehead atoms. The van der Waals surface area contributed by atoms with Crippen molar-refractivity contribution in [2.45, 2.75) is 13.5 Å². The molecule has 4 nitrogen and oxygen atoms in total. The quantitative estimate of drug-likeness (QED) is 0.864. The molecule has 5 heteroatoms. The number of carbonyl (C=O) groups is 1. The van der Waals surface area contributed by atoms with Crippen LogP contribution in [0.4, 0.5) is 0 Å². The Bertz CT molecular complexity index is 487.